The second-order valence-corrected chi connectivity index (χ2v) is 5.39. The molecule has 0 saturated carbocycles. The Balaban J connectivity index is 2.31. The molecule has 0 aliphatic rings. The maximum atomic E-state index is 13.1. The number of hydrogen-bond donors (Lipinski definition) is 0. The second kappa shape index (κ2) is 5.33. The Morgan fingerprint density at radius 1 is 1.12 bits per heavy atom. The van der Waals surface area contributed by atoms with Crippen LogP contribution < -0.4 is 4.74 Å². The number of nitrogens with zero attached hydrogens (tertiary/aromatic N) is 1. The Hall–Kier alpha value is -0.650. The van der Waals surface area contributed by atoms with Crippen LogP contribution >= 0.6 is 43.5 Å². The van der Waals surface area contributed by atoms with E-state index in [0.717, 1.165) is 4.47 Å². The third-order valence-corrected chi connectivity index (χ3v) is 2.99. The molecule has 2 nitrogen and oxygen atoms in total. The number of benzene rings is 1. The highest BCUT2D eigenvalue weighted by molar-refractivity contribution is 9.10. The first kappa shape index (κ1) is 12.8. The van der Waals surface area contributed by atoms with Crippen molar-refractivity contribution in [2.45, 2.75) is 0 Å². The third kappa shape index (κ3) is 3.40. The first-order valence-corrected chi connectivity index (χ1v) is 6.46. The third-order valence-electron chi connectivity index (χ3n) is 1.82. The molecule has 0 bridgehead atoms. The second-order valence-electron chi connectivity index (χ2n) is 3.15. The van der Waals surface area contributed by atoms with Gasteiger partial charge in [0.15, 0.2) is 0 Å². The van der Waals surface area contributed by atoms with Crippen molar-refractivity contribution in [1.29, 1.82) is 0 Å². The van der Waals surface area contributed by atoms with Gasteiger partial charge in [0.2, 0.25) is 5.88 Å². The topological polar surface area (TPSA) is 22.1 Å². The Kier molecular flexibility index (Phi) is 4.01. The van der Waals surface area contributed by atoms with E-state index in [1.807, 2.05) is 0 Å². The zero-order valence-corrected chi connectivity index (χ0v) is 12.2. The molecule has 2 rings (SSSR count). The molecule has 0 unspecified atom stereocenters. The van der Waals surface area contributed by atoms with E-state index in [-0.39, 0.29) is 5.88 Å². The molecular weight excluding hydrogens is 376 g/mol. The molecule has 0 aliphatic carbocycles. The van der Waals surface area contributed by atoms with E-state index in [1.54, 1.807) is 18.3 Å². The van der Waals surface area contributed by atoms with Crippen LogP contribution in [0.5, 0.6) is 11.6 Å². The van der Waals surface area contributed by atoms with E-state index >= 15 is 0 Å². The van der Waals surface area contributed by atoms with Crippen molar-refractivity contribution in [3.63, 3.8) is 0 Å². The maximum Gasteiger partial charge on any atom is 0.238 e. The van der Waals surface area contributed by atoms with E-state index in [2.05, 4.69) is 36.8 Å². The fraction of sp³-hybridized carbons (Fsp3) is 0. The van der Waals surface area contributed by atoms with Crippen molar-refractivity contribution in [2.24, 2.45) is 0 Å². The van der Waals surface area contributed by atoms with Crippen LogP contribution in [0.3, 0.4) is 0 Å². The average Bonchev–Trinajstić information content (AvgIpc) is 2.21. The zero-order valence-electron chi connectivity index (χ0n) is 8.25. The van der Waals surface area contributed by atoms with Crippen LogP contribution in [0.15, 0.2) is 39.4 Å². The summed E-state index contributed by atoms with van der Waals surface area (Å²) < 4.78 is 19.8. The van der Waals surface area contributed by atoms with Gasteiger partial charge >= 0.3 is 0 Å². The van der Waals surface area contributed by atoms with Gasteiger partial charge in [-0.15, -0.1) is 0 Å². The molecule has 0 N–H and O–H groups in total. The molecule has 0 atom stereocenters. The fourth-order valence-corrected chi connectivity index (χ4v) is 2.29. The lowest BCUT2D eigenvalue weighted by Crippen LogP contribution is -1.90. The van der Waals surface area contributed by atoms with Gasteiger partial charge in [-0.25, -0.2) is 9.37 Å². The van der Waals surface area contributed by atoms with Gasteiger partial charge in [-0.1, -0.05) is 27.5 Å². The SMILES string of the molecule is Fc1cc(Br)cc(Oc2ncc(Br)cc2Cl)c1. The lowest BCUT2D eigenvalue weighted by atomic mass is 10.3. The van der Waals surface area contributed by atoms with Gasteiger partial charge in [-0.2, -0.15) is 0 Å². The minimum absolute atomic E-state index is 0.229. The molecule has 0 radical (unpaired) electrons. The van der Waals surface area contributed by atoms with Gasteiger partial charge < -0.3 is 4.74 Å². The Morgan fingerprint density at radius 3 is 2.53 bits per heavy atom. The van der Waals surface area contributed by atoms with Crippen LogP contribution in [-0.4, -0.2) is 4.98 Å². The average molecular weight is 381 g/mol. The molecule has 0 amide bonds. The molecule has 1 heterocycles. The fourth-order valence-electron chi connectivity index (χ4n) is 1.18. The van der Waals surface area contributed by atoms with Crippen LogP contribution in [0.4, 0.5) is 4.39 Å². The number of hydrogen-bond acceptors (Lipinski definition) is 2. The van der Waals surface area contributed by atoms with Gasteiger partial charge in [0, 0.05) is 21.2 Å². The predicted molar refractivity (Wildman–Crippen MR) is 71.1 cm³/mol. The zero-order chi connectivity index (χ0) is 12.4. The smallest absolute Gasteiger partial charge is 0.238 e. The van der Waals surface area contributed by atoms with Gasteiger partial charge in [0.25, 0.3) is 0 Å². The molecule has 88 valence electrons. The molecular formula is C11H5Br2ClFNO. The first-order chi connectivity index (χ1) is 8.04. The number of rotatable bonds is 2. The van der Waals surface area contributed by atoms with E-state index < -0.39 is 5.82 Å². The molecule has 2 aromatic rings. The quantitative estimate of drug-likeness (QED) is 0.714. The Bertz CT molecular complexity index is 545. The summed E-state index contributed by atoms with van der Waals surface area (Å²) in [5.74, 6) is 0.156. The first-order valence-electron chi connectivity index (χ1n) is 4.49. The summed E-state index contributed by atoms with van der Waals surface area (Å²) in [4.78, 5) is 3.99. The van der Waals surface area contributed by atoms with E-state index in [1.165, 1.54) is 12.1 Å². The van der Waals surface area contributed by atoms with Crippen LogP contribution in [0.1, 0.15) is 0 Å². The summed E-state index contributed by atoms with van der Waals surface area (Å²) in [6.45, 7) is 0. The van der Waals surface area contributed by atoms with Crippen LogP contribution in [0, 0.1) is 5.82 Å². The Morgan fingerprint density at radius 2 is 1.88 bits per heavy atom. The molecule has 0 saturated heterocycles. The summed E-state index contributed by atoms with van der Waals surface area (Å²) in [5.41, 5.74) is 0. The monoisotopic (exact) mass is 379 g/mol. The van der Waals surface area contributed by atoms with Gasteiger partial charge in [0.1, 0.15) is 16.6 Å². The molecule has 1 aromatic heterocycles. The minimum Gasteiger partial charge on any atom is -0.437 e. The maximum absolute atomic E-state index is 13.1. The van der Waals surface area contributed by atoms with Crippen LogP contribution in [0.25, 0.3) is 0 Å². The molecule has 6 heteroatoms. The normalized spacial score (nSPS) is 10.4. The van der Waals surface area contributed by atoms with Gasteiger partial charge in [-0.3, -0.25) is 0 Å². The minimum atomic E-state index is -0.400. The highest BCUT2D eigenvalue weighted by Crippen LogP contribution is 2.30. The molecule has 0 spiro atoms. The van der Waals surface area contributed by atoms with Crippen molar-refractivity contribution in [1.82, 2.24) is 4.98 Å². The highest BCUT2D eigenvalue weighted by Gasteiger charge is 2.07. The van der Waals surface area contributed by atoms with Crippen LogP contribution in [-0.2, 0) is 0 Å². The molecule has 0 fully saturated rings. The summed E-state index contributed by atoms with van der Waals surface area (Å²) in [7, 11) is 0. The van der Waals surface area contributed by atoms with Crippen molar-refractivity contribution in [3.8, 4) is 11.6 Å². The number of ether oxygens (including phenoxy) is 1. The standard InChI is InChI=1S/C11H5Br2ClFNO/c12-6-1-8(15)4-9(2-6)17-11-10(14)3-7(13)5-16-11/h1-5H. The van der Waals surface area contributed by atoms with E-state index in [0.29, 0.717) is 15.2 Å². The van der Waals surface area contributed by atoms with Gasteiger partial charge in [-0.05, 0) is 34.1 Å². The number of halogens is 4. The summed E-state index contributed by atoms with van der Waals surface area (Å²) in [6, 6.07) is 5.87. The van der Waals surface area contributed by atoms with E-state index in [9.17, 15) is 4.39 Å². The van der Waals surface area contributed by atoms with Crippen molar-refractivity contribution >= 4 is 43.5 Å². The summed E-state index contributed by atoms with van der Waals surface area (Å²) in [6.07, 6.45) is 1.55. The lowest BCUT2D eigenvalue weighted by molar-refractivity contribution is 0.458. The number of aromatic nitrogens is 1. The molecule has 1 aromatic carbocycles. The molecule has 0 aliphatic heterocycles. The summed E-state index contributed by atoms with van der Waals surface area (Å²) >= 11 is 12.3. The van der Waals surface area contributed by atoms with Crippen molar-refractivity contribution in [2.75, 3.05) is 0 Å². The lowest BCUT2D eigenvalue weighted by Gasteiger charge is -2.07. The highest BCUT2D eigenvalue weighted by atomic mass is 79.9. The number of pyridine rings is 1. The largest absolute Gasteiger partial charge is 0.437 e. The predicted octanol–water partition coefficient (Wildman–Crippen LogP) is 5.19. The van der Waals surface area contributed by atoms with Gasteiger partial charge in [0.05, 0.1) is 0 Å². The Labute approximate surface area is 119 Å². The molecule has 17 heavy (non-hydrogen) atoms. The summed E-state index contributed by atoms with van der Waals surface area (Å²) in [5, 5.41) is 0.347. The van der Waals surface area contributed by atoms with Crippen LogP contribution in [0.2, 0.25) is 5.02 Å². The van der Waals surface area contributed by atoms with Crippen molar-refractivity contribution in [3.05, 3.63) is 50.2 Å². The van der Waals surface area contributed by atoms with Crippen molar-refractivity contribution < 1.29 is 9.13 Å². The van der Waals surface area contributed by atoms with E-state index in [4.69, 9.17) is 16.3 Å².